The van der Waals surface area contributed by atoms with Gasteiger partial charge in [-0.3, -0.25) is 9.78 Å². The summed E-state index contributed by atoms with van der Waals surface area (Å²) < 4.78 is 5.35. The minimum atomic E-state index is -0.00589. The summed E-state index contributed by atoms with van der Waals surface area (Å²) in [6.07, 6.45) is 3.49. The molecule has 0 spiro atoms. The second-order valence-corrected chi connectivity index (χ2v) is 4.57. The van der Waals surface area contributed by atoms with E-state index in [0.717, 1.165) is 5.56 Å². The van der Waals surface area contributed by atoms with Crippen molar-refractivity contribution < 1.29 is 9.53 Å². The van der Waals surface area contributed by atoms with Crippen LogP contribution in [-0.2, 0) is 6.54 Å². The Morgan fingerprint density at radius 2 is 2.24 bits per heavy atom. The summed E-state index contributed by atoms with van der Waals surface area (Å²) in [5.41, 5.74) is 7.96. The maximum atomic E-state index is 12.1. The first-order chi connectivity index (χ1) is 10.2. The molecule has 3 N–H and O–H groups in total. The summed E-state index contributed by atoms with van der Waals surface area (Å²) in [5, 5.41) is 3.10. The lowest BCUT2D eigenvalue weighted by Gasteiger charge is -2.09. The van der Waals surface area contributed by atoms with Crippen molar-refractivity contribution in [3.63, 3.8) is 0 Å². The molecule has 0 aliphatic heterocycles. The van der Waals surface area contributed by atoms with E-state index in [9.17, 15) is 4.79 Å². The maximum Gasteiger partial charge on any atom is 0.176 e. The molecular formula is C16H19N3O2. The minimum Gasteiger partial charge on any atom is -0.492 e. The van der Waals surface area contributed by atoms with Gasteiger partial charge in [0, 0.05) is 24.5 Å². The number of benzene rings is 1. The highest BCUT2D eigenvalue weighted by Gasteiger charge is 2.08. The molecule has 1 aromatic heterocycles. The number of nitrogens with one attached hydrogen (secondary N) is 1. The van der Waals surface area contributed by atoms with Gasteiger partial charge in [0.25, 0.3) is 0 Å². The quantitative estimate of drug-likeness (QED) is 0.601. The molecule has 0 bridgehead atoms. The van der Waals surface area contributed by atoms with E-state index in [4.69, 9.17) is 10.5 Å². The molecule has 0 unspecified atom stereocenters. The highest BCUT2D eigenvalue weighted by atomic mass is 16.5. The Morgan fingerprint density at radius 1 is 1.38 bits per heavy atom. The predicted octanol–water partition coefficient (Wildman–Crippen LogP) is 2.03. The van der Waals surface area contributed by atoms with Crippen molar-refractivity contribution >= 4 is 11.5 Å². The number of ketones is 1. The monoisotopic (exact) mass is 285 g/mol. The molecule has 0 atom stereocenters. The highest BCUT2D eigenvalue weighted by molar-refractivity contribution is 5.98. The molecule has 0 fully saturated rings. The van der Waals surface area contributed by atoms with Gasteiger partial charge in [-0.1, -0.05) is 6.07 Å². The largest absolute Gasteiger partial charge is 0.492 e. The van der Waals surface area contributed by atoms with Crippen LogP contribution in [0, 0.1) is 0 Å². The van der Waals surface area contributed by atoms with Crippen molar-refractivity contribution in [3.8, 4) is 5.75 Å². The fraction of sp³-hybridized carbons (Fsp3) is 0.250. The number of nitrogens with two attached hydrogens (primary N) is 1. The third kappa shape index (κ3) is 4.29. The van der Waals surface area contributed by atoms with Crippen LogP contribution in [0.1, 0.15) is 22.8 Å². The lowest BCUT2D eigenvalue weighted by molar-refractivity contribution is 0.0991. The maximum absolute atomic E-state index is 12.1. The number of carbonyl (C=O) groups excluding carboxylic acids is 1. The smallest absolute Gasteiger partial charge is 0.176 e. The first kappa shape index (κ1) is 15.0. The van der Waals surface area contributed by atoms with Gasteiger partial charge in [-0.25, -0.2) is 0 Å². The van der Waals surface area contributed by atoms with Crippen molar-refractivity contribution in [2.24, 2.45) is 0 Å². The van der Waals surface area contributed by atoms with Crippen LogP contribution in [0.5, 0.6) is 5.75 Å². The first-order valence-corrected chi connectivity index (χ1v) is 6.86. The van der Waals surface area contributed by atoms with E-state index in [1.165, 1.54) is 0 Å². The number of rotatable bonds is 7. The van der Waals surface area contributed by atoms with Crippen LogP contribution < -0.4 is 15.8 Å². The summed E-state index contributed by atoms with van der Waals surface area (Å²) in [6, 6.07) is 8.94. The van der Waals surface area contributed by atoms with E-state index in [0.29, 0.717) is 30.2 Å². The Balaban J connectivity index is 1.90. The van der Waals surface area contributed by atoms with Crippen LogP contribution >= 0.6 is 0 Å². The average Bonchev–Trinajstić information content (AvgIpc) is 2.50. The first-order valence-electron chi connectivity index (χ1n) is 6.86. The molecule has 5 heteroatoms. The average molecular weight is 285 g/mol. The SMILES string of the molecule is CCOc1ccc(C(=O)CNCc2cccnc2)cc1N. The van der Waals surface area contributed by atoms with E-state index in [1.54, 1.807) is 30.6 Å². The minimum absolute atomic E-state index is 0.00589. The molecule has 0 saturated heterocycles. The number of anilines is 1. The number of pyridine rings is 1. The van der Waals surface area contributed by atoms with Gasteiger partial charge in [-0.05, 0) is 36.8 Å². The summed E-state index contributed by atoms with van der Waals surface area (Å²) in [5.74, 6) is 0.603. The fourth-order valence-corrected chi connectivity index (χ4v) is 1.93. The molecule has 5 nitrogen and oxygen atoms in total. The Morgan fingerprint density at radius 3 is 2.90 bits per heavy atom. The van der Waals surface area contributed by atoms with Crippen LogP contribution in [0.2, 0.25) is 0 Å². The third-order valence-corrected chi connectivity index (χ3v) is 2.97. The van der Waals surface area contributed by atoms with E-state index in [1.807, 2.05) is 19.1 Å². The van der Waals surface area contributed by atoms with Crippen molar-refractivity contribution in [2.45, 2.75) is 13.5 Å². The highest BCUT2D eigenvalue weighted by Crippen LogP contribution is 2.22. The van der Waals surface area contributed by atoms with E-state index in [-0.39, 0.29) is 12.3 Å². The van der Waals surface area contributed by atoms with Gasteiger partial charge in [0.05, 0.1) is 18.8 Å². The molecule has 21 heavy (non-hydrogen) atoms. The van der Waals surface area contributed by atoms with E-state index >= 15 is 0 Å². The lowest BCUT2D eigenvalue weighted by Crippen LogP contribution is -2.22. The van der Waals surface area contributed by atoms with Crippen molar-refractivity contribution in [1.82, 2.24) is 10.3 Å². The molecule has 0 aliphatic rings. The second kappa shape index (κ2) is 7.40. The Labute approximate surface area is 124 Å². The predicted molar refractivity (Wildman–Crippen MR) is 82.3 cm³/mol. The van der Waals surface area contributed by atoms with Crippen molar-refractivity contribution in [3.05, 3.63) is 53.9 Å². The summed E-state index contributed by atoms with van der Waals surface area (Å²) in [7, 11) is 0. The van der Waals surface area contributed by atoms with Gasteiger partial charge in [0.1, 0.15) is 5.75 Å². The van der Waals surface area contributed by atoms with Gasteiger partial charge in [-0.2, -0.15) is 0 Å². The number of nitrogen functional groups attached to an aromatic ring is 1. The number of Topliss-reactive ketones (excluding diaryl/α,β-unsaturated/α-hetero) is 1. The van der Waals surface area contributed by atoms with Crippen molar-refractivity contribution in [1.29, 1.82) is 0 Å². The van der Waals surface area contributed by atoms with E-state index in [2.05, 4.69) is 10.3 Å². The van der Waals surface area contributed by atoms with Crippen LogP contribution in [0.3, 0.4) is 0 Å². The molecule has 1 heterocycles. The topological polar surface area (TPSA) is 77.2 Å². The summed E-state index contributed by atoms with van der Waals surface area (Å²) in [4.78, 5) is 16.1. The standard InChI is InChI=1S/C16H19N3O2/c1-2-21-16-6-5-13(8-14(16)17)15(20)11-19-10-12-4-3-7-18-9-12/h3-9,19H,2,10-11,17H2,1H3. The van der Waals surface area contributed by atoms with Crippen LogP contribution in [0.15, 0.2) is 42.7 Å². The lowest BCUT2D eigenvalue weighted by atomic mass is 10.1. The van der Waals surface area contributed by atoms with Crippen molar-refractivity contribution in [2.75, 3.05) is 18.9 Å². The van der Waals surface area contributed by atoms with Gasteiger partial charge in [0.15, 0.2) is 5.78 Å². The third-order valence-electron chi connectivity index (χ3n) is 2.97. The molecule has 110 valence electrons. The Kier molecular flexibility index (Phi) is 5.29. The number of hydrogen-bond donors (Lipinski definition) is 2. The molecule has 0 aliphatic carbocycles. The van der Waals surface area contributed by atoms with Crippen LogP contribution in [0.25, 0.3) is 0 Å². The van der Waals surface area contributed by atoms with Gasteiger partial charge in [-0.15, -0.1) is 0 Å². The fourth-order valence-electron chi connectivity index (χ4n) is 1.93. The van der Waals surface area contributed by atoms with Gasteiger partial charge >= 0.3 is 0 Å². The zero-order valence-electron chi connectivity index (χ0n) is 12.0. The number of ether oxygens (including phenoxy) is 1. The molecule has 2 rings (SSSR count). The number of hydrogen-bond acceptors (Lipinski definition) is 5. The zero-order chi connectivity index (χ0) is 15.1. The molecule has 0 amide bonds. The van der Waals surface area contributed by atoms with E-state index < -0.39 is 0 Å². The molecular weight excluding hydrogens is 266 g/mol. The molecule has 0 saturated carbocycles. The van der Waals surface area contributed by atoms with Gasteiger partial charge in [0.2, 0.25) is 0 Å². The number of nitrogens with zero attached hydrogens (tertiary/aromatic N) is 1. The molecule has 1 aromatic carbocycles. The Hall–Kier alpha value is -2.40. The zero-order valence-corrected chi connectivity index (χ0v) is 12.0. The Bertz CT molecular complexity index is 600. The number of carbonyl (C=O) groups is 1. The second-order valence-electron chi connectivity index (χ2n) is 4.57. The summed E-state index contributed by atoms with van der Waals surface area (Å²) >= 11 is 0. The van der Waals surface area contributed by atoms with Crippen LogP contribution in [-0.4, -0.2) is 23.9 Å². The molecule has 0 radical (unpaired) electrons. The molecule has 2 aromatic rings. The summed E-state index contributed by atoms with van der Waals surface area (Å²) in [6.45, 7) is 3.29. The van der Waals surface area contributed by atoms with Crippen LogP contribution in [0.4, 0.5) is 5.69 Å². The number of aromatic nitrogens is 1. The normalized spacial score (nSPS) is 10.3. The van der Waals surface area contributed by atoms with Gasteiger partial charge < -0.3 is 15.8 Å².